The summed E-state index contributed by atoms with van der Waals surface area (Å²) in [6.45, 7) is 1.28. The molecule has 2 aliphatic rings. The van der Waals surface area contributed by atoms with Crippen LogP contribution < -0.4 is 4.90 Å². The van der Waals surface area contributed by atoms with Gasteiger partial charge in [-0.15, -0.1) is 0 Å². The lowest BCUT2D eigenvalue weighted by atomic mass is 9.93. The molecule has 1 saturated heterocycles. The Balaban J connectivity index is 1.19. The normalized spacial score (nSPS) is 17.0. The summed E-state index contributed by atoms with van der Waals surface area (Å²) >= 11 is 0. The van der Waals surface area contributed by atoms with Gasteiger partial charge in [-0.2, -0.15) is 5.10 Å². The zero-order valence-electron chi connectivity index (χ0n) is 17.5. The number of amides is 2. The van der Waals surface area contributed by atoms with E-state index >= 15 is 0 Å². The SMILES string of the molecule is CN(C(=O)c1cc(C2CCN(C(=O)c3cc(C4CC4)on3)CC2)[nH]n1)c1ccccc1. The van der Waals surface area contributed by atoms with Gasteiger partial charge >= 0.3 is 0 Å². The Morgan fingerprint density at radius 1 is 1.03 bits per heavy atom. The Morgan fingerprint density at radius 2 is 1.77 bits per heavy atom. The fraction of sp³-hybridized carbons (Fsp3) is 0.391. The van der Waals surface area contributed by atoms with Crippen molar-refractivity contribution in [2.75, 3.05) is 25.0 Å². The average Bonchev–Trinajstić information content (AvgIpc) is 3.34. The van der Waals surface area contributed by atoms with E-state index in [1.165, 1.54) is 0 Å². The Labute approximate surface area is 180 Å². The van der Waals surface area contributed by atoms with Crippen molar-refractivity contribution >= 4 is 17.5 Å². The van der Waals surface area contributed by atoms with Gasteiger partial charge in [-0.25, -0.2) is 0 Å². The van der Waals surface area contributed by atoms with E-state index in [4.69, 9.17) is 4.52 Å². The van der Waals surface area contributed by atoms with Gasteiger partial charge in [0, 0.05) is 49.4 Å². The van der Waals surface area contributed by atoms with E-state index in [1.54, 1.807) is 18.0 Å². The van der Waals surface area contributed by atoms with Gasteiger partial charge < -0.3 is 14.3 Å². The minimum Gasteiger partial charge on any atom is -0.360 e. The van der Waals surface area contributed by atoms with Crippen LogP contribution in [-0.2, 0) is 0 Å². The molecular weight excluding hydrogens is 394 g/mol. The molecule has 8 heteroatoms. The number of carbonyl (C=O) groups excluding carboxylic acids is 2. The van der Waals surface area contributed by atoms with Crippen LogP contribution in [-0.4, -0.2) is 52.2 Å². The van der Waals surface area contributed by atoms with Crippen molar-refractivity contribution in [1.82, 2.24) is 20.3 Å². The molecule has 0 radical (unpaired) electrons. The summed E-state index contributed by atoms with van der Waals surface area (Å²) in [5, 5.41) is 11.2. The number of nitrogens with zero attached hydrogens (tertiary/aromatic N) is 4. The molecule has 8 nitrogen and oxygen atoms in total. The van der Waals surface area contributed by atoms with Gasteiger partial charge in [-0.05, 0) is 43.9 Å². The van der Waals surface area contributed by atoms with E-state index < -0.39 is 0 Å². The van der Waals surface area contributed by atoms with Gasteiger partial charge in [-0.3, -0.25) is 14.7 Å². The second-order valence-electron chi connectivity index (χ2n) is 8.36. The Morgan fingerprint density at radius 3 is 2.48 bits per heavy atom. The molecule has 0 atom stereocenters. The first-order chi connectivity index (χ1) is 15.1. The summed E-state index contributed by atoms with van der Waals surface area (Å²) in [6, 6.07) is 13.1. The smallest absolute Gasteiger partial charge is 0.278 e. The number of aromatic nitrogens is 3. The van der Waals surface area contributed by atoms with E-state index in [-0.39, 0.29) is 17.7 Å². The molecule has 0 bridgehead atoms. The van der Waals surface area contributed by atoms with E-state index in [1.807, 2.05) is 41.3 Å². The predicted octanol–water partition coefficient (Wildman–Crippen LogP) is 3.57. The van der Waals surface area contributed by atoms with E-state index in [0.717, 1.165) is 42.8 Å². The summed E-state index contributed by atoms with van der Waals surface area (Å²) in [7, 11) is 1.74. The number of benzene rings is 1. The molecule has 5 rings (SSSR count). The van der Waals surface area contributed by atoms with Crippen LogP contribution in [0.25, 0.3) is 0 Å². The lowest BCUT2D eigenvalue weighted by Gasteiger charge is -2.30. The molecule has 1 N–H and O–H groups in total. The molecule has 3 heterocycles. The number of para-hydroxylation sites is 1. The maximum absolute atomic E-state index is 12.8. The molecule has 0 spiro atoms. The number of hydrogen-bond acceptors (Lipinski definition) is 5. The van der Waals surface area contributed by atoms with Crippen molar-refractivity contribution in [3.05, 3.63) is 65.3 Å². The van der Waals surface area contributed by atoms with Gasteiger partial charge in [-0.1, -0.05) is 23.4 Å². The van der Waals surface area contributed by atoms with Crippen LogP contribution >= 0.6 is 0 Å². The van der Waals surface area contributed by atoms with Crippen molar-refractivity contribution in [3.63, 3.8) is 0 Å². The first-order valence-corrected chi connectivity index (χ1v) is 10.7. The number of piperidine rings is 1. The topological polar surface area (TPSA) is 95.3 Å². The molecule has 3 aromatic rings. The van der Waals surface area contributed by atoms with Crippen molar-refractivity contribution < 1.29 is 14.1 Å². The van der Waals surface area contributed by atoms with Crippen LogP contribution in [0.1, 0.15) is 70.0 Å². The highest BCUT2D eigenvalue weighted by atomic mass is 16.5. The number of carbonyl (C=O) groups is 2. The van der Waals surface area contributed by atoms with Gasteiger partial charge in [0.1, 0.15) is 5.76 Å². The number of hydrogen-bond donors (Lipinski definition) is 1. The van der Waals surface area contributed by atoms with Crippen LogP contribution in [0.3, 0.4) is 0 Å². The predicted molar refractivity (Wildman–Crippen MR) is 114 cm³/mol. The lowest BCUT2D eigenvalue weighted by Crippen LogP contribution is -2.38. The second kappa shape index (κ2) is 8.02. The van der Waals surface area contributed by atoms with Gasteiger partial charge in [0.2, 0.25) is 0 Å². The van der Waals surface area contributed by atoms with Crippen LogP contribution in [0.15, 0.2) is 47.0 Å². The first kappa shape index (κ1) is 19.5. The van der Waals surface area contributed by atoms with Gasteiger partial charge in [0.25, 0.3) is 11.8 Å². The molecule has 0 unspecified atom stereocenters. The van der Waals surface area contributed by atoms with Crippen molar-refractivity contribution in [3.8, 4) is 0 Å². The Kier molecular flexibility index (Phi) is 5.05. The number of likely N-dealkylation sites (tertiary alicyclic amines) is 1. The van der Waals surface area contributed by atoms with Crippen LogP contribution in [0.2, 0.25) is 0 Å². The number of rotatable bonds is 5. The molecular formula is C23H25N5O3. The third kappa shape index (κ3) is 3.97. The molecule has 1 aliphatic heterocycles. The third-order valence-corrected chi connectivity index (χ3v) is 6.21. The molecule has 2 aromatic heterocycles. The second-order valence-corrected chi connectivity index (χ2v) is 8.36. The summed E-state index contributed by atoms with van der Waals surface area (Å²) < 4.78 is 5.32. The quantitative estimate of drug-likeness (QED) is 0.682. The van der Waals surface area contributed by atoms with Crippen molar-refractivity contribution in [1.29, 1.82) is 0 Å². The average molecular weight is 419 g/mol. The molecule has 160 valence electrons. The summed E-state index contributed by atoms with van der Waals surface area (Å²) in [5.41, 5.74) is 2.56. The van der Waals surface area contributed by atoms with E-state index in [0.29, 0.717) is 30.4 Å². The summed E-state index contributed by atoms with van der Waals surface area (Å²) in [5.74, 6) is 1.28. The minimum atomic E-state index is -0.154. The largest absolute Gasteiger partial charge is 0.360 e. The maximum Gasteiger partial charge on any atom is 0.278 e. The highest BCUT2D eigenvalue weighted by Gasteiger charge is 2.31. The maximum atomic E-state index is 12.8. The fourth-order valence-electron chi connectivity index (χ4n) is 4.10. The summed E-state index contributed by atoms with van der Waals surface area (Å²) in [6.07, 6.45) is 3.85. The minimum absolute atomic E-state index is 0.0703. The molecule has 2 fully saturated rings. The highest BCUT2D eigenvalue weighted by Crippen LogP contribution is 2.40. The van der Waals surface area contributed by atoms with Gasteiger partial charge in [0.05, 0.1) is 0 Å². The molecule has 1 aliphatic carbocycles. The fourth-order valence-corrected chi connectivity index (χ4v) is 4.10. The highest BCUT2D eigenvalue weighted by molar-refractivity contribution is 6.04. The first-order valence-electron chi connectivity index (χ1n) is 10.7. The standard InChI is InChI=1S/C23H25N5O3/c1-27(17-5-3-2-4-6-17)22(29)19-13-18(24-25-19)15-9-11-28(12-10-15)23(30)20-14-21(31-26-20)16-7-8-16/h2-6,13-16H,7-12H2,1H3,(H,24,25). The van der Waals surface area contributed by atoms with Crippen molar-refractivity contribution in [2.45, 2.75) is 37.5 Å². The van der Waals surface area contributed by atoms with Crippen molar-refractivity contribution in [2.24, 2.45) is 0 Å². The number of anilines is 1. The monoisotopic (exact) mass is 419 g/mol. The number of aromatic amines is 1. The molecule has 1 aromatic carbocycles. The summed E-state index contributed by atoms with van der Waals surface area (Å²) in [4.78, 5) is 28.9. The lowest BCUT2D eigenvalue weighted by molar-refractivity contribution is 0.0701. The van der Waals surface area contributed by atoms with Crippen LogP contribution in [0.5, 0.6) is 0 Å². The van der Waals surface area contributed by atoms with E-state index in [9.17, 15) is 9.59 Å². The molecule has 2 amide bonds. The number of H-pyrrole nitrogens is 1. The van der Waals surface area contributed by atoms with Crippen LogP contribution in [0.4, 0.5) is 5.69 Å². The Hall–Kier alpha value is -3.42. The molecule has 31 heavy (non-hydrogen) atoms. The molecule has 1 saturated carbocycles. The van der Waals surface area contributed by atoms with Gasteiger partial charge in [0.15, 0.2) is 11.4 Å². The Bertz CT molecular complexity index is 1080. The third-order valence-electron chi connectivity index (χ3n) is 6.21. The zero-order valence-corrected chi connectivity index (χ0v) is 17.5. The number of nitrogens with one attached hydrogen (secondary N) is 1. The van der Waals surface area contributed by atoms with Crippen LogP contribution in [0, 0.1) is 0 Å². The zero-order chi connectivity index (χ0) is 21.4. The van der Waals surface area contributed by atoms with E-state index in [2.05, 4.69) is 15.4 Å².